The molecule has 0 aromatic carbocycles. The standard InChI is InChI=1S/C12H14N4O3/c1-6-4-7(2)16-10(14-6)9(5-13-16)11(17)15-8(3)12(18)19/h4-5,8H,1-3H3,(H,15,17)(H,18,19). The second kappa shape index (κ2) is 4.68. The van der Waals surface area contributed by atoms with Gasteiger partial charge in [0.2, 0.25) is 0 Å². The molecule has 7 nitrogen and oxygen atoms in total. The Morgan fingerprint density at radius 2 is 2.11 bits per heavy atom. The van der Waals surface area contributed by atoms with Crippen LogP contribution in [0, 0.1) is 13.8 Å². The van der Waals surface area contributed by atoms with Gasteiger partial charge in [-0.2, -0.15) is 5.10 Å². The van der Waals surface area contributed by atoms with E-state index in [1.807, 2.05) is 19.9 Å². The molecule has 1 atom stereocenters. The molecule has 0 saturated heterocycles. The maximum atomic E-state index is 12.0. The average molecular weight is 262 g/mol. The smallest absolute Gasteiger partial charge is 0.325 e. The lowest BCUT2D eigenvalue weighted by Crippen LogP contribution is -2.38. The van der Waals surface area contributed by atoms with E-state index in [0.29, 0.717) is 5.65 Å². The number of nitrogens with zero attached hydrogens (tertiary/aromatic N) is 3. The first-order valence-corrected chi connectivity index (χ1v) is 5.76. The van der Waals surface area contributed by atoms with Gasteiger partial charge >= 0.3 is 5.97 Å². The first kappa shape index (κ1) is 13.0. The van der Waals surface area contributed by atoms with E-state index in [0.717, 1.165) is 11.4 Å². The lowest BCUT2D eigenvalue weighted by Gasteiger charge is -2.08. The molecule has 2 rings (SSSR count). The van der Waals surface area contributed by atoms with E-state index in [1.165, 1.54) is 13.1 Å². The van der Waals surface area contributed by atoms with Crippen molar-refractivity contribution in [3.8, 4) is 0 Å². The number of carboxylic acid groups (broad SMARTS) is 1. The van der Waals surface area contributed by atoms with Gasteiger partial charge in [-0.25, -0.2) is 9.50 Å². The topological polar surface area (TPSA) is 96.6 Å². The van der Waals surface area contributed by atoms with E-state index in [9.17, 15) is 9.59 Å². The fourth-order valence-corrected chi connectivity index (χ4v) is 1.77. The van der Waals surface area contributed by atoms with Crippen molar-refractivity contribution in [2.24, 2.45) is 0 Å². The average Bonchev–Trinajstić information content (AvgIpc) is 2.72. The van der Waals surface area contributed by atoms with E-state index in [4.69, 9.17) is 5.11 Å². The van der Waals surface area contributed by atoms with Crippen molar-refractivity contribution in [1.82, 2.24) is 19.9 Å². The summed E-state index contributed by atoms with van der Waals surface area (Å²) in [5.41, 5.74) is 2.31. The highest BCUT2D eigenvalue weighted by Crippen LogP contribution is 2.11. The number of aliphatic carboxylic acids is 1. The van der Waals surface area contributed by atoms with Crippen LogP contribution < -0.4 is 5.32 Å². The van der Waals surface area contributed by atoms with Crippen LogP contribution in [-0.4, -0.2) is 37.6 Å². The van der Waals surface area contributed by atoms with Gasteiger partial charge in [0.05, 0.1) is 6.20 Å². The maximum absolute atomic E-state index is 12.0. The first-order valence-electron chi connectivity index (χ1n) is 5.76. The van der Waals surface area contributed by atoms with Crippen molar-refractivity contribution in [2.75, 3.05) is 0 Å². The van der Waals surface area contributed by atoms with Crippen molar-refractivity contribution in [3.05, 3.63) is 29.2 Å². The number of rotatable bonds is 3. The number of carbonyl (C=O) groups is 2. The third-order valence-electron chi connectivity index (χ3n) is 2.74. The van der Waals surface area contributed by atoms with Crippen molar-refractivity contribution in [3.63, 3.8) is 0 Å². The minimum atomic E-state index is -1.09. The Hall–Kier alpha value is -2.44. The Morgan fingerprint density at radius 3 is 2.74 bits per heavy atom. The Balaban J connectivity index is 2.41. The van der Waals surface area contributed by atoms with E-state index >= 15 is 0 Å². The summed E-state index contributed by atoms with van der Waals surface area (Å²) >= 11 is 0. The third kappa shape index (κ3) is 2.40. The van der Waals surface area contributed by atoms with E-state index in [1.54, 1.807) is 4.52 Å². The van der Waals surface area contributed by atoms with Gasteiger partial charge in [0, 0.05) is 11.4 Å². The molecule has 0 aliphatic heterocycles. The van der Waals surface area contributed by atoms with Crippen molar-refractivity contribution < 1.29 is 14.7 Å². The molecule has 7 heteroatoms. The monoisotopic (exact) mass is 262 g/mol. The van der Waals surface area contributed by atoms with Gasteiger partial charge in [-0.1, -0.05) is 0 Å². The summed E-state index contributed by atoms with van der Waals surface area (Å²) in [5, 5.41) is 15.2. The van der Waals surface area contributed by atoms with Gasteiger partial charge in [0.15, 0.2) is 5.65 Å². The molecule has 2 heterocycles. The van der Waals surface area contributed by atoms with Crippen LogP contribution in [0.25, 0.3) is 5.65 Å². The van der Waals surface area contributed by atoms with Crippen molar-refractivity contribution in [2.45, 2.75) is 26.8 Å². The van der Waals surface area contributed by atoms with Crippen molar-refractivity contribution >= 4 is 17.5 Å². The summed E-state index contributed by atoms with van der Waals surface area (Å²) in [4.78, 5) is 27.0. The second-order valence-corrected chi connectivity index (χ2v) is 4.37. The number of aryl methyl sites for hydroxylation is 2. The summed E-state index contributed by atoms with van der Waals surface area (Å²) in [6, 6.07) is 0.884. The normalized spacial score (nSPS) is 12.4. The number of carbonyl (C=O) groups excluding carboxylic acids is 1. The predicted molar refractivity (Wildman–Crippen MR) is 67.0 cm³/mol. The third-order valence-corrected chi connectivity index (χ3v) is 2.74. The van der Waals surface area contributed by atoms with Crippen LogP contribution in [0.5, 0.6) is 0 Å². The van der Waals surface area contributed by atoms with Gasteiger partial charge in [0.1, 0.15) is 11.6 Å². The van der Waals surface area contributed by atoms with Crippen LogP contribution in [-0.2, 0) is 4.79 Å². The zero-order valence-electron chi connectivity index (χ0n) is 10.8. The fraction of sp³-hybridized carbons (Fsp3) is 0.333. The van der Waals surface area contributed by atoms with Gasteiger partial charge in [-0.05, 0) is 26.8 Å². The lowest BCUT2D eigenvalue weighted by molar-refractivity contribution is -0.138. The molecule has 0 spiro atoms. The van der Waals surface area contributed by atoms with Crippen LogP contribution in [0.2, 0.25) is 0 Å². The molecular weight excluding hydrogens is 248 g/mol. The summed E-state index contributed by atoms with van der Waals surface area (Å²) in [6.45, 7) is 5.08. The highest BCUT2D eigenvalue weighted by atomic mass is 16.4. The summed E-state index contributed by atoms with van der Waals surface area (Å²) in [5.74, 6) is -1.59. The summed E-state index contributed by atoms with van der Waals surface area (Å²) < 4.78 is 1.55. The fourth-order valence-electron chi connectivity index (χ4n) is 1.77. The number of nitrogens with one attached hydrogen (secondary N) is 1. The highest BCUT2D eigenvalue weighted by molar-refractivity contribution is 6.01. The Labute approximate surface area is 109 Å². The molecule has 0 radical (unpaired) electrons. The largest absolute Gasteiger partial charge is 0.480 e. The molecule has 2 N–H and O–H groups in total. The number of aromatic nitrogens is 3. The van der Waals surface area contributed by atoms with Gasteiger partial charge in [-0.15, -0.1) is 0 Å². The molecule has 1 amide bonds. The number of carboxylic acids is 1. The molecule has 0 saturated carbocycles. The van der Waals surface area contributed by atoms with E-state index < -0.39 is 17.9 Å². The molecule has 2 aromatic heterocycles. The minimum Gasteiger partial charge on any atom is -0.480 e. The quantitative estimate of drug-likeness (QED) is 0.842. The molecular formula is C12H14N4O3. The SMILES string of the molecule is Cc1cc(C)n2ncc(C(=O)NC(C)C(=O)O)c2n1. The zero-order valence-corrected chi connectivity index (χ0v) is 10.8. The van der Waals surface area contributed by atoms with Gasteiger partial charge in [-0.3, -0.25) is 9.59 Å². The van der Waals surface area contributed by atoms with Crippen LogP contribution in [0.1, 0.15) is 28.7 Å². The molecule has 0 fully saturated rings. The summed E-state index contributed by atoms with van der Waals surface area (Å²) in [7, 11) is 0. The maximum Gasteiger partial charge on any atom is 0.325 e. The Morgan fingerprint density at radius 1 is 1.42 bits per heavy atom. The first-order chi connectivity index (χ1) is 8.90. The van der Waals surface area contributed by atoms with Gasteiger partial charge < -0.3 is 10.4 Å². The van der Waals surface area contributed by atoms with Crippen LogP contribution in [0.4, 0.5) is 0 Å². The molecule has 19 heavy (non-hydrogen) atoms. The molecule has 2 aromatic rings. The Kier molecular flexibility index (Phi) is 3.20. The molecule has 0 bridgehead atoms. The lowest BCUT2D eigenvalue weighted by atomic mass is 10.2. The number of hydrogen-bond acceptors (Lipinski definition) is 4. The predicted octanol–water partition coefficient (Wildman–Crippen LogP) is 0.549. The number of hydrogen-bond donors (Lipinski definition) is 2. The minimum absolute atomic E-state index is 0.264. The molecule has 100 valence electrons. The van der Waals surface area contributed by atoms with Crippen LogP contribution in [0.15, 0.2) is 12.3 Å². The second-order valence-electron chi connectivity index (χ2n) is 4.37. The van der Waals surface area contributed by atoms with Gasteiger partial charge in [0.25, 0.3) is 5.91 Å². The summed E-state index contributed by atoms with van der Waals surface area (Å²) in [6.07, 6.45) is 1.39. The zero-order chi connectivity index (χ0) is 14.2. The van der Waals surface area contributed by atoms with E-state index in [2.05, 4.69) is 15.4 Å². The van der Waals surface area contributed by atoms with E-state index in [-0.39, 0.29) is 5.56 Å². The highest BCUT2D eigenvalue weighted by Gasteiger charge is 2.19. The van der Waals surface area contributed by atoms with Crippen LogP contribution in [0.3, 0.4) is 0 Å². The molecule has 1 unspecified atom stereocenters. The van der Waals surface area contributed by atoms with Crippen molar-refractivity contribution in [1.29, 1.82) is 0 Å². The molecule has 0 aliphatic rings. The Bertz CT molecular complexity index is 662. The van der Waals surface area contributed by atoms with Crippen LogP contribution >= 0.6 is 0 Å². The number of fused-ring (bicyclic) bond motifs is 1. The molecule has 0 aliphatic carbocycles. The number of amides is 1.